The molecule has 0 saturated carbocycles. The normalized spacial score (nSPS) is 9.55. The molecule has 1 aromatic heterocycles. The molecule has 20 heavy (non-hydrogen) atoms. The van der Waals surface area contributed by atoms with Gasteiger partial charge in [-0.25, -0.2) is 4.39 Å². The van der Waals surface area contributed by atoms with Gasteiger partial charge in [0.1, 0.15) is 5.82 Å². The molecule has 0 fully saturated rings. The van der Waals surface area contributed by atoms with Gasteiger partial charge in [-0.05, 0) is 47.3 Å². The van der Waals surface area contributed by atoms with Crippen LogP contribution in [0.3, 0.4) is 0 Å². The van der Waals surface area contributed by atoms with Crippen molar-refractivity contribution in [3.05, 3.63) is 48.3 Å². The van der Waals surface area contributed by atoms with Crippen molar-refractivity contribution in [1.29, 1.82) is 0 Å². The Kier molecular flexibility index (Phi) is 5.87. The van der Waals surface area contributed by atoms with Crippen molar-refractivity contribution in [3.63, 3.8) is 0 Å². The molecule has 0 aliphatic heterocycles. The Hall–Kier alpha value is -1.70. The van der Waals surface area contributed by atoms with E-state index in [1.54, 1.807) is 18.2 Å². The Morgan fingerprint density at radius 3 is 2.35 bits per heavy atom. The van der Waals surface area contributed by atoms with Crippen LogP contribution in [-0.2, 0) is 20.4 Å². The smallest absolute Gasteiger partial charge is 0.123 e. The molecule has 0 saturated heterocycles. The van der Waals surface area contributed by atoms with Gasteiger partial charge >= 0.3 is 0 Å². The second kappa shape index (κ2) is 7.18. The molecule has 0 atom stereocenters. The number of halogens is 1. The summed E-state index contributed by atoms with van der Waals surface area (Å²) in [7, 11) is 0. The molecule has 5 heteroatoms. The van der Waals surface area contributed by atoms with Crippen molar-refractivity contribution in [2.75, 3.05) is 5.73 Å². The standard InChI is InChI=1S/C13H9FN3.C2H6.Pd/c14-9-3-1-8(2-4-9)13-11-7-10(15)5-6-12(11)16-17-13;1-2;/h1-7H,15H2;1-2H3;/q-1;;. The van der Waals surface area contributed by atoms with E-state index < -0.39 is 0 Å². The van der Waals surface area contributed by atoms with Gasteiger partial charge in [0, 0.05) is 26.1 Å². The fraction of sp³-hybridized carbons (Fsp3) is 0.133. The molecule has 0 spiro atoms. The van der Waals surface area contributed by atoms with Crippen LogP contribution in [0.5, 0.6) is 0 Å². The van der Waals surface area contributed by atoms with Gasteiger partial charge in [0.2, 0.25) is 0 Å². The Bertz CT molecular complexity index is 677. The predicted molar refractivity (Wildman–Crippen MR) is 76.2 cm³/mol. The number of hydrogen-bond acceptors (Lipinski definition) is 2. The van der Waals surface area contributed by atoms with Crippen LogP contribution in [0.15, 0.2) is 42.5 Å². The second-order valence-corrected chi connectivity index (χ2v) is 3.83. The molecule has 0 aliphatic carbocycles. The third kappa shape index (κ3) is 3.24. The summed E-state index contributed by atoms with van der Waals surface area (Å²) in [4.78, 5) is 0. The van der Waals surface area contributed by atoms with Crippen LogP contribution in [-0.4, -0.2) is 5.10 Å². The zero-order valence-corrected chi connectivity index (χ0v) is 12.8. The first-order valence-corrected chi connectivity index (χ1v) is 6.18. The number of nitrogen functional groups attached to an aromatic ring is 1. The zero-order valence-electron chi connectivity index (χ0n) is 11.2. The summed E-state index contributed by atoms with van der Waals surface area (Å²) in [5.41, 5.74) is 8.75. The molecule has 1 heterocycles. The van der Waals surface area contributed by atoms with Crippen molar-refractivity contribution >= 4 is 16.6 Å². The van der Waals surface area contributed by atoms with Crippen LogP contribution < -0.4 is 10.8 Å². The Labute approximate surface area is 131 Å². The van der Waals surface area contributed by atoms with Crippen molar-refractivity contribution < 1.29 is 24.8 Å². The van der Waals surface area contributed by atoms with Gasteiger partial charge < -0.3 is 15.9 Å². The summed E-state index contributed by atoms with van der Waals surface area (Å²) < 4.78 is 12.9. The number of nitrogens with two attached hydrogens (primary N) is 1. The van der Waals surface area contributed by atoms with E-state index in [1.807, 2.05) is 26.0 Å². The van der Waals surface area contributed by atoms with Gasteiger partial charge in [-0.2, -0.15) is 0 Å². The first-order valence-electron chi connectivity index (χ1n) is 6.18. The van der Waals surface area contributed by atoms with Gasteiger partial charge in [-0.3, -0.25) is 0 Å². The van der Waals surface area contributed by atoms with E-state index in [0.717, 1.165) is 22.2 Å². The zero-order chi connectivity index (χ0) is 13.8. The number of hydrogen-bond donors (Lipinski definition) is 1. The monoisotopic (exact) mass is 362 g/mol. The molecule has 0 radical (unpaired) electrons. The third-order valence-corrected chi connectivity index (χ3v) is 2.65. The summed E-state index contributed by atoms with van der Waals surface area (Å²) in [6.07, 6.45) is 0. The minimum atomic E-state index is -0.267. The Morgan fingerprint density at radius 1 is 1.05 bits per heavy atom. The molecule has 3 aromatic rings. The van der Waals surface area contributed by atoms with Crippen molar-refractivity contribution in [2.45, 2.75) is 13.8 Å². The number of rotatable bonds is 1. The second-order valence-electron chi connectivity index (χ2n) is 3.83. The number of anilines is 1. The molecule has 0 amide bonds. The van der Waals surface area contributed by atoms with Crippen molar-refractivity contribution in [2.24, 2.45) is 0 Å². The van der Waals surface area contributed by atoms with Gasteiger partial charge in [-0.1, -0.05) is 19.9 Å². The van der Waals surface area contributed by atoms with Gasteiger partial charge in [0.05, 0.1) is 5.69 Å². The molecule has 0 aliphatic rings. The van der Waals surface area contributed by atoms with E-state index >= 15 is 0 Å². The average molecular weight is 363 g/mol. The van der Waals surface area contributed by atoms with Crippen molar-refractivity contribution in [1.82, 2.24) is 10.2 Å². The van der Waals surface area contributed by atoms with Crippen LogP contribution in [0.2, 0.25) is 0 Å². The molecule has 0 bridgehead atoms. The fourth-order valence-electron chi connectivity index (χ4n) is 1.81. The van der Waals surface area contributed by atoms with Crippen molar-refractivity contribution in [3.8, 4) is 11.3 Å². The van der Waals surface area contributed by atoms with E-state index in [4.69, 9.17) is 5.73 Å². The van der Waals surface area contributed by atoms with E-state index in [2.05, 4.69) is 10.2 Å². The molecule has 2 N–H and O–H groups in total. The van der Waals surface area contributed by atoms with Gasteiger partial charge in [0.25, 0.3) is 0 Å². The molecule has 108 valence electrons. The molecular formula is C15H15FN3Pd-. The number of aromatic nitrogens is 2. The van der Waals surface area contributed by atoms with Gasteiger partial charge in [-0.15, -0.1) is 5.52 Å². The molecule has 3 nitrogen and oxygen atoms in total. The van der Waals surface area contributed by atoms with E-state index in [-0.39, 0.29) is 26.2 Å². The first-order chi connectivity index (χ1) is 9.24. The summed E-state index contributed by atoms with van der Waals surface area (Å²) >= 11 is 0. The van der Waals surface area contributed by atoms with Crippen LogP contribution >= 0.6 is 0 Å². The maximum atomic E-state index is 12.9. The van der Waals surface area contributed by atoms with Crippen LogP contribution in [0.1, 0.15) is 13.8 Å². The Morgan fingerprint density at radius 2 is 1.70 bits per heavy atom. The Balaban J connectivity index is 0.000000639. The SMILES string of the molecule is CC.Nc1ccc2[n-]nc(-c3ccc(F)cc3)c2c1.[Pd]. The topological polar surface area (TPSA) is 53.0 Å². The first kappa shape index (κ1) is 16.4. The number of fused-ring (bicyclic) bond motifs is 1. The van der Waals surface area contributed by atoms with E-state index in [0.29, 0.717) is 5.69 Å². The molecule has 3 rings (SSSR count). The quantitative estimate of drug-likeness (QED) is 0.531. The maximum absolute atomic E-state index is 12.9. The summed E-state index contributed by atoms with van der Waals surface area (Å²) in [5.74, 6) is -0.267. The average Bonchev–Trinajstić information content (AvgIpc) is 2.85. The minimum absolute atomic E-state index is 0. The minimum Gasteiger partial charge on any atom is -0.574 e. The maximum Gasteiger partial charge on any atom is 0.123 e. The predicted octanol–water partition coefficient (Wildman–Crippen LogP) is 3.60. The summed E-state index contributed by atoms with van der Waals surface area (Å²) in [5, 5.41) is 9.05. The largest absolute Gasteiger partial charge is 0.574 e. The number of benzene rings is 2. The summed E-state index contributed by atoms with van der Waals surface area (Å²) in [6.45, 7) is 4.00. The summed E-state index contributed by atoms with van der Waals surface area (Å²) in [6, 6.07) is 11.6. The molecule has 2 aromatic carbocycles. The third-order valence-electron chi connectivity index (χ3n) is 2.65. The fourth-order valence-corrected chi connectivity index (χ4v) is 1.81. The molecule has 0 unspecified atom stereocenters. The van der Waals surface area contributed by atoms with Gasteiger partial charge in [0.15, 0.2) is 0 Å². The van der Waals surface area contributed by atoms with E-state index in [1.165, 1.54) is 12.1 Å². The van der Waals surface area contributed by atoms with Crippen LogP contribution in [0.4, 0.5) is 10.1 Å². The van der Waals surface area contributed by atoms with E-state index in [9.17, 15) is 4.39 Å². The van der Waals surface area contributed by atoms with Crippen LogP contribution in [0, 0.1) is 5.82 Å². The molecular weight excluding hydrogens is 348 g/mol. The number of nitrogens with zero attached hydrogens (tertiary/aromatic N) is 2. The van der Waals surface area contributed by atoms with Crippen LogP contribution in [0.25, 0.3) is 22.2 Å².